The Morgan fingerprint density at radius 1 is 0.381 bits per heavy atom. The first-order valence-electron chi connectivity index (χ1n) is 14.4. The molecule has 7 aromatic carbocycles. The quantitative estimate of drug-likeness (QED) is 0.218. The molecule has 0 aliphatic heterocycles. The van der Waals surface area contributed by atoms with E-state index in [-0.39, 0.29) is 0 Å². The minimum atomic E-state index is 0.937. The van der Waals surface area contributed by atoms with Gasteiger partial charge in [0.2, 0.25) is 0 Å². The van der Waals surface area contributed by atoms with Gasteiger partial charge in [0.05, 0.1) is 0 Å². The summed E-state index contributed by atoms with van der Waals surface area (Å²) in [7, 11) is 0. The highest BCUT2D eigenvalue weighted by Gasteiger charge is 2.16. The van der Waals surface area contributed by atoms with Crippen LogP contribution in [0.3, 0.4) is 0 Å². The minimum absolute atomic E-state index is 0.937. The largest absolute Gasteiger partial charge is 0.455 e. The fourth-order valence-corrected chi connectivity index (χ4v) is 6.32. The average Bonchev–Trinajstić information content (AvgIpc) is 3.45. The van der Waals surface area contributed by atoms with Gasteiger partial charge in [-0.15, -0.1) is 0 Å². The molecule has 1 nitrogen and oxygen atoms in total. The van der Waals surface area contributed by atoms with Crippen molar-refractivity contribution in [3.63, 3.8) is 0 Å². The Morgan fingerprint density at radius 3 is 1.60 bits per heavy atom. The van der Waals surface area contributed by atoms with Gasteiger partial charge in [0.1, 0.15) is 11.2 Å². The lowest BCUT2D eigenvalue weighted by atomic mass is 9.90. The highest BCUT2D eigenvalue weighted by molar-refractivity contribution is 6.19. The van der Waals surface area contributed by atoms with E-state index in [1.54, 1.807) is 0 Å². The number of furan rings is 1. The molecule has 0 N–H and O–H groups in total. The van der Waals surface area contributed by atoms with E-state index in [4.69, 9.17) is 4.42 Å². The first kappa shape index (κ1) is 24.4. The molecule has 0 saturated heterocycles. The monoisotopic (exact) mass is 536 g/mol. The van der Waals surface area contributed by atoms with Crippen LogP contribution in [0.15, 0.2) is 156 Å². The molecule has 0 aliphatic carbocycles. The van der Waals surface area contributed by atoms with E-state index >= 15 is 0 Å². The third-order valence-electron chi connectivity index (χ3n) is 8.37. The predicted octanol–water partition coefficient (Wildman–Crippen LogP) is 11.7. The number of hydrogen-bond acceptors (Lipinski definition) is 1. The van der Waals surface area contributed by atoms with E-state index in [9.17, 15) is 0 Å². The second-order valence-electron chi connectivity index (χ2n) is 11.0. The van der Waals surface area contributed by atoms with Crippen molar-refractivity contribution in [2.75, 3.05) is 0 Å². The molecule has 0 bridgehead atoms. The second kappa shape index (κ2) is 9.90. The van der Waals surface area contributed by atoms with Crippen LogP contribution >= 0.6 is 0 Å². The zero-order chi connectivity index (χ0) is 28.0. The van der Waals surface area contributed by atoms with Crippen LogP contribution in [0, 0.1) is 6.92 Å². The number of aryl methyl sites for hydroxylation is 1. The van der Waals surface area contributed by atoms with E-state index in [1.165, 1.54) is 66.2 Å². The molecule has 0 saturated carbocycles. The van der Waals surface area contributed by atoms with E-state index < -0.39 is 0 Å². The fraction of sp³-hybridized carbons (Fsp3) is 0.0244. The summed E-state index contributed by atoms with van der Waals surface area (Å²) in [4.78, 5) is 0. The van der Waals surface area contributed by atoms with Crippen molar-refractivity contribution in [2.45, 2.75) is 6.92 Å². The molecule has 1 heteroatoms. The van der Waals surface area contributed by atoms with E-state index in [1.807, 2.05) is 0 Å². The Kier molecular flexibility index (Phi) is 5.75. The molecule has 8 rings (SSSR count). The van der Waals surface area contributed by atoms with Crippen molar-refractivity contribution >= 4 is 32.7 Å². The Hall–Kier alpha value is -5.40. The summed E-state index contributed by atoms with van der Waals surface area (Å²) in [6, 6.07) is 54.4. The average molecular weight is 537 g/mol. The van der Waals surface area contributed by atoms with Crippen LogP contribution in [0.4, 0.5) is 0 Å². The second-order valence-corrected chi connectivity index (χ2v) is 11.0. The molecule has 198 valence electrons. The molecule has 0 atom stereocenters. The SMILES string of the molecule is Cc1cccc2oc3c4ccccc4c(-c4cccc(-c5cc(-c6ccccc6)cc(-c6ccccc6)c5)c4)cc3c12. The lowest BCUT2D eigenvalue weighted by Crippen LogP contribution is -1.88. The molecule has 0 amide bonds. The van der Waals surface area contributed by atoms with Gasteiger partial charge >= 0.3 is 0 Å². The predicted molar refractivity (Wildman–Crippen MR) is 178 cm³/mol. The Bertz CT molecular complexity index is 2180. The Balaban J connectivity index is 1.35. The maximum Gasteiger partial charge on any atom is 0.143 e. The number of rotatable bonds is 4. The molecular formula is C41H28O. The van der Waals surface area contributed by atoms with Gasteiger partial charge in [-0.2, -0.15) is 0 Å². The van der Waals surface area contributed by atoms with Crippen molar-refractivity contribution in [3.8, 4) is 44.5 Å². The highest BCUT2D eigenvalue weighted by atomic mass is 16.3. The highest BCUT2D eigenvalue weighted by Crippen LogP contribution is 2.42. The van der Waals surface area contributed by atoms with Crippen LogP contribution in [0.25, 0.3) is 77.2 Å². The molecule has 1 heterocycles. The third-order valence-corrected chi connectivity index (χ3v) is 8.37. The Morgan fingerprint density at radius 2 is 0.905 bits per heavy atom. The lowest BCUT2D eigenvalue weighted by molar-refractivity contribution is 0.672. The molecule has 8 aromatic rings. The van der Waals surface area contributed by atoms with Crippen molar-refractivity contribution in [3.05, 3.63) is 157 Å². The summed E-state index contributed by atoms with van der Waals surface area (Å²) < 4.78 is 6.44. The topological polar surface area (TPSA) is 13.1 Å². The Labute approximate surface area is 245 Å². The molecule has 42 heavy (non-hydrogen) atoms. The van der Waals surface area contributed by atoms with Crippen molar-refractivity contribution in [1.82, 2.24) is 0 Å². The van der Waals surface area contributed by atoms with Crippen molar-refractivity contribution in [2.24, 2.45) is 0 Å². The first-order chi connectivity index (χ1) is 20.7. The van der Waals surface area contributed by atoms with E-state index in [0.717, 1.165) is 16.6 Å². The normalized spacial score (nSPS) is 11.5. The van der Waals surface area contributed by atoms with Crippen LogP contribution in [0.5, 0.6) is 0 Å². The molecule has 0 fully saturated rings. The van der Waals surface area contributed by atoms with Crippen LogP contribution in [-0.2, 0) is 0 Å². The first-order valence-corrected chi connectivity index (χ1v) is 14.4. The molecule has 0 radical (unpaired) electrons. The standard InChI is InChI=1S/C41H28O/c1-27-12-10-21-39-40(27)38-26-37(35-19-8-9-20-36(35)41(38)42-39)31-18-11-17-30(22-31)34-24-32(28-13-4-2-5-14-28)23-33(25-34)29-15-6-3-7-16-29/h2-26H,1H3. The van der Waals surface area contributed by atoms with Gasteiger partial charge in [-0.05, 0) is 98.8 Å². The van der Waals surface area contributed by atoms with Gasteiger partial charge in [0.15, 0.2) is 0 Å². The molecule has 1 aromatic heterocycles. The number of fused-ring (bicyclic) bond motifs is 5. The van der Waals surface area contributed by atoms with E-state index in [2.05, 4.69) is 159 Å². The van der Waals surface area contributed by atoms with Crippen LogP contribution in [-0.4, -0.2) is 0 Å². The molecular weight excluding hydrogens is 508 g/mol. The summed E-state index contributed by atoms with van der Waals surface area (Å²) in [6.07, 6.45) is 0. The summed E-state index contributed by atoms with van der Waals surface area (Å²) in [6.45, 7) is 2.16. The molecule has 0 aliphatic rings. The summed E-state index contributed by atoms with van der Waals surface area (Å²) in [5.41, 5.74) is 12.8. The van der Waals surface area contributed by atoms with E-state index in [0.29, 0.717) is 0 Å². The smallest absolute Gasteiger partial charge is 0.143 e. The lowest BCUT2D eigenvalue weighted by Gasteiger charge is -2.13. The maximum atomic E-state index is 6.44. The van der Waals surface area contributed by atoms with Gasteiger partial charge < -0.3 is 4.42 Å². The van der Waals surface area contributed by atoms with Crippen molar-refractivity contribution in [1.29, 1.82) is 0 Å². The third kappa shape index (κ3) is 4.10. The molecule has 0 spiro atoms. The van der Waals surface area contributed by atoms with Crippen molar-refractivity contribution < 1.29 is 4.42 Å². The number of benzene rings is 7. The number of hydrogen-bond donors (Lipinski definition) is 0. The summed E-state index contributed by atoms with van der Waals surface area (Å²) in [5.74, 6) is 0. The molecule has 0 unspecified atom stereocenters. The zero-order valence-electron chi connectivity index (χ0n) is 23.3. The van der Waals surface area contributed by atoms with Gasteiger partial charge in [-0.3, -0.25) is 0 Å². The van der Waals surface area contributed by atoms with Crippen LogP contribution < -0.4 is 0 Å². The summed E-state index contributed by atoms with van der Waals surface area (Å²) >= 11 is 0. The van der Waals surface area contributed by atoms with Gasteiger partial charge in [-0.25, -0.2) is 0 Å². The van der Waals surface area contributed by atoms with Crippen LogP contribution in [0.1, 0.15) is 5.56 Å². The minimum Gasteiger partial charge on any atom is -0.455 e. The van der Waals surface area contributed by atoms with Gasteiger partial charge in [-0.1, -0.05) is 115 Å². The summed E-state index contributed by atoms with van der Waals surface area (Å²) in [5, 5.41) is 4.70. The van der Waals surface area contributed by atoms with Crippen LogP contribution in [0.2, 0.25) is 0 Å². The van der Waals surface area contributed by atoms with Gasteiger partial charge in [0, 0.05) is 16.2 Å². The maximum absolute atomic E-state index is 6.44. The fourth-order valence-electron chi connectivity index (χ4n) is 6.32. The van der Waals surface area contributed by atoms with Gasteiger partial charge in [0.25, 0.3) is 0 Å². The zero-order valence-corrected chi connectivity index (χ0v) is 23.3.